The van der Waals surface area contributed by atoms with E-state index in [0.717, 1.165) is 10.4 Å². The summed E-state index contributed by atoms with van der Waals surface area (Å²) in [7, 11) is -4.05. The predicted octanol–water partition coefficient (Wildman–Crippen LogP) is 3.54. The van der Waals surface area contributed by atoms with Crippen LogP contribution in [-0.4, -0.2) is 26.0 Å². The van der Waals surface area contributed by atoms with Gasteiger partial charge in [-0.25, -0.2) is 12.8 Å². The minimum absolute atomic E-state index is 0.0505. The van der Waals surface area contributed by atoms with Crippen molar-refractivity contribution < 1.29 is 22.7 Å². The SMILES string of the molecule is O=C(O)CCCN(c1ccccc1F)S(=O)(=O)c1ccc(Cl)cc1. The van der Waals surface area contributed by atoms with Crippen LogP contribution in [-0.2, 0) is 14.8 Å². The lowest BCUT2D eigenvalue weighted by molar-refractivity contribution is -0.137. The van der Waals surface area contributed by atoms with Gasteiger partial charge in [-0.05, 0) is 42.8 Å². The van der Waals surface area contributed by atoms with Crippen molar-refractivity contribution in [3.8, 4) is 0 Å². The number of carboxylic acid groups (broad SMARTS) is 1. The molecule has 0 fully saturated rings. The number of aliphatic carboxylic acids is 1. The minimum atomic E-state index is -4.05. The van der Waals surface area contributed by atoms with E-state index in [0.29, 0.717) is 5.02 Å². The Balaban J connectivity index is 2.42. The first-order valence-corrected chi connectivity index (χ1v) is 8.89. The van der Waals surface area contributed by atoms with Crippen molar-refractivity contribution in [2.75, 3.05) is 10.8 Å². The van der Waals surface area contributed by atoms with Crippen LogP contribution in [0.15, 0.2) is 53.4 Å². The smallest absolute Gasteiger partial charge is 0.303 e. The third kappa shape index (κ3) is 4.24. The molecular weight excluding hydrogens is 357 g/mol. The zero-order valence-electron chi connectivity index (χ0n) is 12.5. The molecule has 2 aromatic rings. The second-order valence-corrected chi connectivity index (χ2v) is 7.28. The van der Waals surface area contributed by atoms with Crippen LogP contribution in [0.5, 0.6) is 0 Å². The lowest BCUT2D eigenvalue weighted by Gasteiger charge is -2.24. The van der Waals surface area contributed by atoms with Gasteiger partial charge in [0.05, 0.1) is 10.6 Å². The van der Waals surface area contributed by atoms with Gasteiger partial charge in [0.25, 0.3) is 10.0 Å². The van der Waals surface area contributed by atoms with Crippen LogP contribution in [0.3, 0.4) is 0 Å². The predicted molar refractivity (Wildman–Crippen MR) is 89.3 cm³/mol. The number of halogens is 2. The highest BCUT2D eigenvalue weighted by atomic mass is 35.5. The maximum atomic E-state index is 14.1. The molecule has 0 aliphatic heterocycles. The average molecular weight is 372 g/mol. The number of nitrogens with zero attached hydrogens (tertiary/aromatic N) is 1. The number of anilines is 1. The molecular formula is C16H15ClFNO4S. The number of carboxylic acids is 1. The summed E-state index contributed by atoms with van der Waals surface area (Å²) in [6.07, 6.45) is -0.169. The molecule has 0 atom stereocenters. The number of rotatable bonds is 7. The Morgan fingerprint density at radius 2 is 1.75 bits per heavy atom. The van der Waals surface area contributed by atoms with Crippen molar-refractivity contribution in [2.24, 2.45) is 0 Å². The summed E-state index contributed by atoms with van der Waals surface area (Å²) in [5.41, 5.74) is -0.127. The van der Waals surface area contributed by atoms with E-state index in [1.807, 2.05) is 0 Å². The van der Waals surface area contributed by atoms with Gasteiger partial charge in [0.2, 0.25) is 0 Å². The van der Waals surface area contributed by atoms with E-state index in [-0.39, 0.29) is 30.0 Å². The first-order chi connectivity index (χ1) is 11.3. The molecule has 0 aromatic heterocycles. The maximum Gasteiger partial charge on any atom is 0.303 e. The van der Waals surface area contributed by atoms with Crippen molar-refractivity contribution in [1.29, 1.82) is 0 Å². The highest BCUT2D eigenvalue weighted by Crippen LogP contribution is 2.27. The monoisotopic (exact) mass is 371 g/mol. The van der Waals surface area contributed by atoms with Crippen LogP contribution in [0.1, 0.15) is 12.8 Å². The molecule has 0 saturated carbocycles. The van der Waals surface area contributed by atoms with Crippen molar-refractivity contribution in [1.82, 2.24) is 0 Å². The number of hydrogen-bond donors (Lipinski definition) is 1. The summed E-state index contributed by atoms with van der Waals surface area (Å²) in [5.74, 6) is -1.75. The van der Waals surface area contributed by atoms with Gasteiger partial charge in [-0.1, -0.05) is 23.7 Å². The summed E-state index contributed by atoms with van der Waals surface area (Å²) in [4.78, 5) is 10.6. The van der Waals surface area contributed by atoms with Crippen molar-refractivity contribution in [3.63, 3.8) is 0 Å². The van der Waals surface area contributed by atoms with Gasteiger partial charge in [0.15, 0.2) is 0 Å². The van der Waals surface area contributed by atoms with Crippen molar-refractivity contribution >= 4 is 33.3 Å². The molecule has 0 radical (unpaired) electrons. The number of para-hydroxylation sites is 1. The van der Waals surface area contributed by atoms with E-state index in [9.17, 15) is 17.6 Å². The van der Waals surface area contributed by atoms with Gasteiger partial charge in [0.1, 0.15) is 5.82 Å². The Morgan fingerprint density at radius 1 is 1.12 bits per heavy atom. The fourth-order valence-corrected chi connectivity index (χ4v) is 3.77. The fourth-order valence-electron chi connectivity index (χ4n) is 2.13. The van der Waals surface area contributed by atoms with Gasteiger partial charge in [0, 0.05) is 18.0 Å². The third-order valence-electron chi connectivity index (χ3n) is 3.27. The summed E-state index contributed by atoms with van der Waals surface area (Å²) in [6.45, 7) is -0.155. The standard InChI is InChI=1S/C16H15ClFNO4S/c17-12-7-9-13(10-8-12)24(22,23)19(11-3-6-16(20)21)15-5-2-1-4-14(15)18/h1-2,4-5,7-10H,3,6,11H2,(H,20,21). The number of sulfonamides is 1. The molecule has 0 saturated heterocycles. The van der Waals surface area contributed by atoms with Gasteiger partial charge in [-0.2, -0.15) is 0 Å². The van der Waals surface area contributed by atoms with E-state index in [2.05, 4.69) is 0 Å². The van der Waals surface area contributed by atoms with Crippen LogP contribution in [0, 0.1) is 5.82 Å². The number of benzene rings is 2. The molecule has 0 spiro atoms. The van der Waals surface area contributed by atoms with Gasteiger partial charge >= 0.3 is 5.97 Å². The van der Waals surface area contributed by atoms with E-state index < -0.39 is 21.8 Å². The summed E-state index contributed by atoms with van der Waals surface area (Å²) < 4.78 is 40.7. The highest BCUT2D eigenvalue weighted by molar-refractivity contribution is 7.92. The molecule has 24 heavy (non-hydrogen) atoms. The quantitative estimate of drug-likeness (QED) is 0.807. The third-order valence-corrected chi connectivity index (χ3v) is 5.35. The van der Waals surface area contributed by atoms with E-state index in [4.69, 9.17) is 16.7 Å². The zero-order chi connectivity index (χ0) is 17.7. The largest absolute Gasteiger partial charge is 0.481 e. The molecule has 8 heteroatoms. The topological polar surface area (TPSA) is 74.7 Å². The van der Waals surface area contributed by atoms with Crippen molar-refractivity contribution in [2.45, 2.75) is 17.7 Å². The molecule has 5 nitrogen and oxygen atoms in total. The highest BCUT2D eigenvalue weighted by Gasteiger charge is 2.26. The molecule has 2 rings (SSSR count). The first-order valence-electron chi connectivity index (χ1n) is 7.07. The Bertz CT molecular complexity index is 824. The molecule has 0 aliphatic rings. The Kier molecular flexibility index (Phi) is 5.80. The normalized spacial score (nSPS) is 11.2. The van der Waals surface area contributed by atoms with Crippen LogP contribution < -0.4 is 4.31 Å². The fraction of sp³-hybridized carbons (Fsp3) is 0.188. The molecule has 0 amide bonds. The van der Waals surface area contributed by atoms with E-state index in [1.54, 1.807) is 0 Å². The second-order valence-electron chi connectivity index (χ2n) is 4.98. The maximum absolute atomic E-state index is 14.1. The van der Waals surface area contributed by atoms with Crippen LogP contribution in [0.25, 0.3) is 0 Å². The lowest BCUT2D eigenvalue weighted by atomic mass is 10.2. The van der Waals surface area contributed by atoms with Crippen LogP contribution >= 0.6 is 11.6 Å². The van der Waals surface area contributed by atoms with Gasteiger partial charge in [-0.3, -0.25) is 9.10 Å². The average Bonchev–Trinajstić information content (AvgIpc) is 2.52. The molecule has 128 valence electrons. The van der Waals surface area contributed by atoms with Crippen LogP contribution in [0.4, 0.5) is 10.1 Å². The molecule has 1 N–H and O–H groups in total. The van der Waals surface area contributed by atoms with Crippen molar-refractivity contribution in [3.05, 3.63) is 59.4 Å². The molecule has 0 bridgehead atoms. The number of carbonyl (C=O) groups is 1. The summed E-state index contributed by atoms with van der Waals surface area (Å²) in [6, 6.07) is 10.9. The molecule has 0 aliphatic carbocycles. The summed E-state index contributed by atoms with van der Waals surface area (Å²) >= 11 is 5.77. The molecule has 0 unspecified atom stereocenters. The number of hydrogen-bond acceptors (Lipinski definition) is 3. The second kappa shape index (κ2) is 7.63. The van der Waals surface area contributed by atoms with Crippen LogP contribution in [0.2, 0.25) is 5.02 Å². The zero-order valence-corrected chi connectivity index (χ0v) is 14.1. The Morgan fingerprint density at radius 3 is 2.33 bits per heavy atom. The summed E-state index contributed by atoms with van der Waals surface area (Å²) in [5, 5.41) is 9.12. The van der Waals surface area contributed by atoms with Gasteiger partial charge < -0.3 is 5.11 Å². The Labute approximate surface area is 144 Å². The van der Waals surface area contributed by atoms with Gasteiger partial charge in [-0.15, -0.1) is 0 Å². The van der Waals surface area contributed by atoms with E-state index >= 15 is 0 Å². The molecule has 0 heterocycles. The van der Waals surface area contributed by atoms with E-state index in [1.165, 1.54) is 42.5 Å². The lowest BCUT2D eigenvalue weighted by Crippen LogP contribution is -2.33. The Hall–Kier alpha value is -2.12. The first kappa shape index (κ1) is 18.2. The minimum Gasteiger partial charge on any atom is -0.481 e. The molecule has 2 aromatic carbocycles.